The van der Waals surface area contributed by atoms with Crippen molar-refractivity contribution in [2.24, 2.45) is 5.92 Å². The molecule has 1 N–H and O–H groups in total. The Hall–Kier alpha value is 0.150. The van der Waals surface area contributed by atoms with E-state index in [1.807, 2.05) is 13.3 Å². The van der Waals surface area contributed by atoms with Crippen molar-refractivity contribution in [3.63, 3.8) is 0 Å². The second-order valence-corrected chi connectivity index (χ2v) is 9.27. The van der Waals surface area contributed by atoms with Crippen LogP contribution in [0.15, 0.2) is 0 Å². The summed E-state index contributed by atoms with van der Waals surface area (Å²) in [6.07, 6.45) is 4.24. The van der Waals surface area contributed by atoms with Gasteiger partial charge >= 0.3 is 0 Å². The number of aliphatic hydroxyl groups is 1. The Morgan fingerprint density at radius 2 is 2.27 bits per heavy atom. The van der Waals surface area contributed by atoms with Crippen LogP contribution in [0.1, 0.15) is 19.3 Å². The molecule has 2 heterocycles. The molecule has 88 valence electrons. The standard InChI is InChI=1S/C11H22NO2P/c1-15(2,14)8-10-6-11(9-13)4-3-5-12(11)7-10/h10,13H,3-9H2,1-2H3/t10-,11-/m0/s1. The van der Waals surface area contributed by atoms with Crippen molar-refractivity contribution >= 4 is 7.14 Å². The van der Waals surface area contributed by atoms with E-state index in [2.05, 4.69) is 4.90 Å². The van der Waals surface area contributed by atoms with Crippen molar-refractivity contribution in [2.45, 2.75) is 24.8 Å². The Morgan fingerprint density at radius 3 is 2.80 bits per heavy atom. The molecule has 2 fully saturated rings. The zero-order chi connectivity index (χ0) is 11.1. The normalized spacial score (nSPS) is 37.1. The summed E-state index contributed by atoms with van der Waals surface area (Å²) in [5.41, 5.74) is 0.0554. The van der Waals surface area contributed by atoms with Crippen LogP contribution in [0.2, 0.25) is 0 Å². The number of rotatable bonds is 3. The Labute approximate surface area is 92.2 Å². The number of hydrogen-bond donors (Lipinski definition) is 1. The van der Waals surface area contributed by atoms with Crippen LogP contribution in [0.4, 0.5) is 0 Å². The highest BCUT2D eigenvalue weighted by atomic mass is 31.2. The lowest BCUT2D eigenvalue weighted by Gasteiger charge is -2.29. The van der Waals surface area contributed by atoms with Gasteiger partial charge in [0.2, 0.25) is 0 Å². The van der Waals surface area contributed by atoms with Crippen molar-refractivity contribution < 1.29 is 9.67 Å². The molecule has 2 aliphatic rings. The van der Waals surface area contributed by atoms with Gasteiger partial charge in [-0.3, -0.25) is 4.90 Å². The molecule has 0 radical (unpaired) electrons. The Morgan fingerprint density at radius 1 is 1.53 bits per heavy atom. The van der Waals surface area contributed by atoms with Gasteiger partial charge in [-0.1, -0.05) is 0 Å². The maximum atomic E-state index is 11.8. The molecule has 0 aromatic heterocycles. The summed E-state index contributed by atoms with van der Waals surface area (Å²) >= 11 is 0. The summed E-state index contributed by atoms with van der Waals surface area (Å²) < 4.78 is 11.8. The second kappa shape index (κ2) is 3.87. The van der Waals surface area contributed by atoms with E-state index in [4.69, 9.17) is 0 Å². The van der Waals surface area contributed by atoms with E-state index in [9.17, 15) is 9.67 Å². The van der Waals surface area contributed by atoms with E-state index in [0.29, 0.717) is 5.92 Å². The van der Waals surface area contributed by atoms with Gasteiger partial charge in [-0.15, -0.1) is 0 Å². The van der Waals surface area contributed by atoms with E-state index in [1.165, 1.54) is 6.42 Å². The molecule has 2 aliphatic heterocycles. The Kier molecular flexibility index (Phi) is 3.00. The predicted molar refractivity (Wildman–Crippen MR) is 63.1 cm³/mol. The molecule has 4 heteroatoms. The van der Waals surface area contributed by atoms with Gasteiger partial charge in [0.1, 0.15) is 0 Å². The van der Waals surface area contributed by atoms with E-state index < -0.39 is 7.14 Å². The summed E-state index contributed by atoms with van der Waals surface area (Å²) in [5, 5.41) is 9.53. The molecule has 3 nitrogen and oxygen atoms in total. The van der Waals surface area contributed by atoms with Gasteiger partial charge in [-0.25, -0.2) is 0 Å². The van der Waals surface area contributed by atoms with Gasteiger partial charge in [0.15, 0.2) is 0 Å². The van der Waals surface area contributed by atoms with Crippen molar-refractivity contribution in [3.05, 3.63) is 0 Å². The van der Waals surface area contributed by atoms with Crippen LogP contribution in [-0.2, 0) is 4.57 Å². The number of aliphatic hydroxyl groups excluding tert-OH is 1. The smallest absolute Gasteiger partial charge is 0.0822 e. The Bertz CT molecular complexity index is 288. The van der Waals surface area contributed by atoms with Crippen LogP contribution in [0.25, 0.3) is 0 Å². The van der Waals surface area contributed by atoms with Gasteiger partial charge in [0, 0.05) is 18.2 Å². The third kappa shape index (κ3) is 2.30. The molecular weight excluding hydrogens is 209 g/mol. The highest BCUT2D eigenvalue weighted by Gasteiger charge is 2.48. The highest BCUT2D eigenvalue weighted by molar-refractivity contribution is 7.62. The highest BCUT2D eigenvalue weighted by Crippen LogP contribution is 2.47. The predicted octanol–water partition coefficient (Wildman–Crippen LogP) is 1.46. The van der Waals surface area contributed by atoms with Crippen LogP contribution in [0.5, 0.6) is 0 Å². The molecule has 2 rings (SSSR count). The molecule has 0 amide bonds. The summed E-state index contributed by atoms with van der Waals surface area (Å²) in [7, 11) is -1.90. The number of nitrogens with zero attached hydrogens (tertiary/aromatic N) is 1. The minimum atomic E-state index is -1.90. The van der Waals surface area contributed by atoms with Crippen molar-refractivity contribution in [1.82, 2.24) is 4.90 Å². The first-order chi connectivity index (χ1) is 6.95. The van der Waals surface area contributed by atoms with Crippen molar-refractivity contribution in [2.75, 3.05) is 39.2 Å². The van der Waals surface area contributed by atoms with E-state index in [0.717, 1.165) is 32.1 Å². The van der Waals surface area contributed by atoms with Crippen molar-refractivity contribution in [3.8, 4) is 0 Å². The van der Waals surface area contributed by atoms with Crippen LogP contribution >= 0.6 is 7.14 Å². The average molecular weight is 231 g/mol. The third-order valence-corrected chi connectivity index (χ3v) is 5.28. The SMILES string of the molecule is CP(C)(=O)C[C@@H]1CN2CCC[C@@]2(CO)C1. The molecule has 0 bridgehead atoms. The summed E-state index contributed by atoms with van der Waals surface area (Å²) in [6.45, 7) is 6.20. The molecule has 0 aromatic rings. The molecule has 0 aliphatic carbocycles. The molecule has 0 aromatic carbocycles. The van der Waals surface area contributed by atoms with Gasteiger partial charge in [0.05, 0.1) is 13.7 Å². The van der Waals surface area contributed by atoms with Crippen LogP contribution in [0, 0.1) is 5.92 Å². The summed E-state index contributed by atoms with van der Waals surface area (Å²) in [6, 6.07) is 0. The number of hydrogen-bond acceptors (Lipinski definition) is 3. The second-order valence-electron chi connectivity index (χ2n) is 5.76. The molecule has 15 heavy (non-hydrogen) atoms. The lowest BCUT2D eigenvalue weighted by atomic mass is 9.92. The first kappa shape index (κ1) is 11.6. The quantitative estimate of drug-likeness (QED) is 0.747. The number of fused-ring (bicyclic) bond motifs is 1. The first-order valence-corrected chi connectivity index (χ1v) is 8.64. The van der Waals surface area contributed by atoms with Crippen molar-refractivity contribution in [1.29, 1.82) is 0 Å². The first-order valence-electron chi connectivity index (χ1n) is 5.85. The van der Waals surface area contributed by atoms with E-state index in [-0.39, 0.29) is 12.1 Å². The average Bonchev–Trinajstić information content (AvgIpc) is 2.57. The monoisotopic (exact) mass is 231 g/mol. The maximum Gasteiger partial charge on any atom is 0.0822 e. The molecule has 2 saturated heterocycles. The fourth-order valence-electron chi connectivity index (χ4n) is 3.41. The van der Waals surface area contributed by atoms with Gasteiger partial charge in [0.25, 0.3) is 0 Å². The van der Waals surface area contributed by atoms with E-state index in [1.54, 1.807) is 0 Å². The minimum absolute atomic E-state index is 0.0554. The van der Waals surface area contributed by atoms with E-state index >= 15 is 0 Å². The van der Waals surface area contributed by atoms with Crippen LogP contribution in [0.3, 0.4) is 0 Å². The fraction of sp³-hybridized carbons (Fsp3) is 1.00. The largest absolute Gasteiger partial charge is 0.394 e. The zero-order valence-corrected chi connectivity index (χ0v) is 10.7. The summed E-state index contributed by atoms with van der Waals surface area (Å²) in [4.78, 5) is 2.42. The molecule has 2 atom stereocenters. The third-order valence-electron chi connectivity index (χ3n) is 3.88. The maximum absolute atomic E-state index is 11.8. The summed E-state index contributed by atoms with van der Waals surface area (Å²) in [5.74, 6) is 0.540. The lowest BCUT2D eigenvalue weighted by molar-refractivity contribution is 0.0998. The molecular formula is C11H22NO2P. The Balaban J connectivity index is 2.02. The van der Waals surface area contributed by atoms with Gasteiger partial charge < -0.3 is 9.67 Å². The lowest BCUT2D eigenvalue weighted by Crippen LogP contribution is -2.41. The molecule has 0 unspecified atom stereocenters. The van der Waals surface area contributed by atoms with Crippen LogP contribution in [-0.4, -0.2) is 54.7 Å². The van der Waals surface area contributed by atoms with Gasteiger partial charge in [-0.2, -0.15) is 0 Å². The zero-order valence-electron chi connectivity index (χ0n) is 9.78. The van der Waals surface area contributed by atoms with Crippen LogP contribution < -0.4 is 0 Å². The van der Waals surface area contributed by atoms with Gasteiger partial charge in [-0.05, 0) is 45.1 Å². The molecule has 0 saturated carbocycles. The minimum Gasteiger partial charge on any atom is -0.394 e. The topological polar surface area (TPSA) is 40.5 Å². The molecule has 0 spiro atoms. The fourth-order valence-corrected chi connectivity index (χ4v) is 4.90.